The zero-order valence-corrected chi connectivity index (χ0v) is 11.3. The summed E-state index contributed by atoms with van der Waals surface area (Å²) >= 11 is 0. The lowest BCUT2D eigenvalue weighted by atomic mass is 9.97. The maximum Gasteiger partial charge on any atom is 0.180 e. The third-order valence-electron chi connectivity index (χ3n) is 3.78. The fourth-order valence-corrected chi connectivity index (χ4v) is 2.91. The second-order valence-electron chi connectivity index (χ2n) is 5.18. The maximum absolute atomic E-state index is 6.02. The molecule has 2 atom stereocenters. The van der Waals surface area contributed by atoms with E-state index in [0.29, 0.717) is 0 Å². The molecule has 2 aliphatic rings. The third-order valence-corrected chi connectivity index (χ3v) is 3.78. The van der Waals surface area contributed by atoms with E-state index in [1.54, 1.807) is 0 Å². The average Bonchev–Trinajstić information content (AvgIpc) is 2.85. The van der Waals surface area contributed by atoms with Crippen molar-refractivity contribution in [2.24, 2.45) is 0 Å². The highest BCUT2D eigenvalue weighted by Gasteiger charge is 2.35. The second kappa shape index (κ2) is 4.39. The lowest BCUT2D eigenvalue weighted by molar-refractivity contribution is 0.208. The molecular weight excluding hydrogens is 248 g/mol. The van der Waals surface area contributed by atoms with Crippen molar-refractivity contribution in [2.75, 3.05) is 0 Å². The first-order chi connectivity index (χ1) is 9.83. The molecule has 4 rings (SSSR count). The van der Waals surface area contributed by atoms with Gasteiger partial charge in [0.05, 0.1) is 11.9 Å². The minimum atomic E-state index is -0.0705. The van der Waals surface area contributed by atoms with Crippen LogP contribution in [0.4, 0.5) is 0 Å². The van der Waals surface area contributed by atoms with Crippen LogP contribution in [0.25, 0.3) is 11.3 Å². The topological polar surface area (TPSA) is 33.3 Å². The molecule has 2 aliphatic heterocycles. The fourth-order valence-electron chi connectivity index (χ4n) is 2.91. The second-order valence-corrected chi connectivity index (χ2v) is 5.18. The number of ether oxygens (including phenoxy) is 1. The summed E-state index contributed by atoms with van der Waals surface area (Å²) in [6.07, 6.45) is 0.104. The Morgan fingerprint density at radius 3 is 2.55 bits per heavy atom. The summed E-state index contributed by atoms with van der Waals surface area (Å²) in [5.41, 5.74) is 4.72. The van der Waals surface area contributed by atoms with Crippen molar-refractivity contribution in [2.45, 2.75) is 19.3 Å². The summed E-state index contributed by atoms with van der Waals surface area (Å²) in [6, 6.07) is 18.6. The monoisotopic (exact) mass is 264 g/mol. The molecule has 0 saturated carbocycles. The van der Waals surface area contributed by atoms with Crippen molar-refractivity contribution in [3.63, 3.8) is 0 Å². The fraction of sp³-hybridized carbons (Fsp3) is 0.176. The Kier molecular flexibility index (Phi) is 2.54. The van der Waals surface area contributed by atoms with Crippen LogP contribution in [0.15, 0.2) is 54.6 Å². The van der Waals surface area contributed by atoms with Gasteiger partial charge in [-0.15, -0.1) is 0 Å². The van der Waals surface area contributed by atoms with Crippen molar-refractivity contribution in [1.29, 1.82) is 0 Å². The van der Waals surface area contributed by atoms with Crippen LogP contribution in [-0.4, -0.2) is 12.4 Å². The van der Waals surface area contributed by atoms with E-state index in [0.717, 1.165) is 11.4 Å². The standard InChI is InChI=1S/C17H16N2O/c1-11-18-16(12-7-3-2-4-8-12)15-13-9-5-6-10-14(13)20-17(15)19-11/h2-11,17-19H,1H3. The largest absolute Gasteiger partial charge is 0.470 e. The SMILES string of the molecule is CC1NC(c2ccccc2)=C2c3ccccc3OC2N1. The Morgan fingerprint density at radius 2 is 1.70 bits per heavy atom. The molecule has 0 bridgehead atoms. The van der Waals surface area contributed by atoms with E-state index in [9.17, 15) is 0 Å². The first-order valence-corrected chi connectivity index (χ1v) is 6.91. The van der Waals surface area contributed by atoms with Crippen LogP contribution in [-0.2, 0) is 0 Å². The maximum atomic E-state index is 6.02. The Balaban J connectivity index is 1.93. The van der Waals surface area contributed by atoms with E-state index in [4.69, 9.17) is 4.74 Å². The normalized spacial score (nSPS) is 23.6. The molecular formula is C17H16N2O. The van der Waals surface area contributed by atoms with Crippen LogP contribution in [0.5, 0.6) is 5.75 Å². The highest BCUT2D eigenvalue weighted by atomic mass is 16.5. The quantitative estimate of drug-likeness (QED) is 0.831. The van der Waals surface area contributed by atoms with Gasteiger partial charge in [-0.1, -0.05) is 48.5 Å². The summed E-state index contributed by atoms with van der Waals surface area (Å²) in [5, 5.41) is 6.97. The average molecular weight is 264 g/mol. The number of benzene rings is 2. The van der Waals surface area contributed by atoms with Gasteiger partial charge < -0.3 is 10.1 Å². The van der Waals surface area contributed by atoms with Gasteiger partial charge in [0.1, 0.15) is 5.75 Å². The van der Waals surface area contributed by atoms with Crippen LogP contribution in [0, 0.1) is 0 Å². The predicted octanol–water partition coefficient (Wildman–Crippen LogP) is 2.81. The van der Waals surface area contributed by atoms with Gasteiger partial charge in [0.2, 0.25) is 0 Å². The summed E-state index contributed by atoms with van der Waals surface area (Å²) in [6.45, 7) is 2.10. The molecule has 0 saturated heterocycles. The highest BCUT2D eigenvalue weighted by Crippen LogP contribution is 2.41. The molecule has 20 heavy (non-hydrogen) atoms. The van der Waals surface area contributed by atoms with Crippen LogP contribution in [0.2, 0.25) is 0 Å². The molecule has 0 amide bonds. The Morgan fingerprint density at radius 1 is 0.950 bits per heavy atom. The van der Waals surface area contributed by atoms with Gasteiger partial charge in [-0.25, -0.2) is 0 Å². The minimum absolute atomic E-state index is 0.0705. The van der Waals surface area contributed by atoms with Gasteiger partial charge in [-0.3, -0.25) is 5.32 Å². The van der Waals surface area contributed by atoms with E-state index in [1.807, 2.05) is 18.2 Å². The summed E-state index contributed by atoms with van der Waals surface area (Å²) in [7, 11) is 0. The molecule has 2 aromatic rings. The van der Waals surface area contributed by atoms with E-state index in [2.05, 4.69) is 54.0 Å². The molecule has 3 nitrogen and oxygen atoms in total. The van der Waals surface area contributed by atoms with Crippen LogP contribution in [0.1, 0.15) is 18.1 Å². The molecule has 0 radical (unpaired) electrons. The lowest BCUT2D eigenvalue weighted by Gasteiger charge is -2.31. The number of nitrogens with one attached hydrogen (secondary N) is 2. The first kappa shape index (κ1) is 11.6. The molecule has 0 spiro atoms. The van der Waals surface area contributed by atoms with Gasteiger partial charge in [0.15, 0.2) is 6.23 Å². The minimum Gasteiger partial charge on any atom is -0.470 e. The molecule has 2 heterocycles. The van der Waals surface area contributed by atoms with Gasteiger partial charge in [0, 0.05) is 11.1 Å². The first-order valence-electron chi connectivity index (χ1n) is 6.91. The Labute approximate surface area is 118 Å². The number of fused-ring (bicyclic) bond motifs is 3. The molecule has 2 aromatic carbocycles. The zero-order valence-electron chi connectivity index (χ0n) is 11.3. The molecule has 0 aliphatic carbocycles. The predicted molar refractivity (Wildman–Crippen MR) is 79.8 cm³/mol. The van der Waals surface area contributed by atoms with Crippen LogP contribution >= 0.6 is 0 Å². The van der Waals surface area contributed by atoms with Crippen molar-refractivity contribution in [3.8, 4) is 5.75 Å². The van der Waals surface area contributed by atoms with Gasteiger partial charge in [0.25, 0.3) is 0 Å². The Hall–Kier alpha value is -2.26. The molecule has 3 heteroatoms. The lowest BCUT2D eigenvalue weighted by Crippen LogP contribution is -2.50. The highest BCUT2D eigenvalue weighted by molar-refractivity contribution is 5.95. The Bertz CT molecular complexity index is 678. The van der Waals surface area contributed by atoms with E-state index in [-0.39, 0.29) is 12.4 Å². The van der Waals surface area contributed by atoms with Gasteiger partial charge >= 0.3 is 0 Å². The number of rotatable bonds is 1. The zero-order chi connectivity index (χ0) is 13.5. The van der Waals surface area contributed by atoms with Crippen LogP contribution < -0.4 is 15.4 Å². The molecule has 0 aromatic heterocycles. The number of hydrogen-bond acceptors (Lipinski definition) is 3. The summed E-state index contributed by atoms with van der Waals surface area (Å²) in [5.74, 6) is 0.948. The van der Waals surface area contributed by atoms with Crippen molar-refractivity contribution >= 4 is 11.3 Å². The van der Waals surface area contributed by atoms with Crippen molar-refractivity contribution in [1.82, 2.24) is 10.6 Å². The number of hydrogen-bond donors (Lipinski definition) is 2. The van der Waals surface area contributed by atoms with Crippen molar-refractivity contribution in [3.05, 3.63) is 65.7 Å². The van der Waals surface area contributed by atoms with E-state index < -0.39 is 0 Å². The van der Waals surface area contributed by atoms with Crippen molar-refractivity contribution < 1.29 is 4.74 Å². The molecule has 0 fully saturated rings. The number of para-hydroxylation sites is 1. The van der Waals surface area contributed by atoms with E-state index in [1.165, 1.54) is 16.7 Å². The molecule has 2 unspecified atom stereocenters. The summed E-state index contributed by atoms with van der Waals surface area (Å²) < 4.78 is 6.02. The summed E-state index contributed by atoms with van der Waals surface area (Å²) in [4.78, 5) is 0. The third kappa shape index (κ3) is 1.71. The smallest absolute Gasteiger partial charge is 0.180 e. The van der Waals surface area contributed by atoms with E-state index >= 15 is 0 Å². The van der Waals surface area contributed by atoms with Gasteiger partial charge in [-0.2, -0.15) is 0 Å². The van der Waals surface area contributed by atoms with Crippen LogP contribution in [0.3, 0.4) is 0 Å². The molecule has 2 N–H and O–H groups in total. The molecule has 100 valence electrons. The van der Waals surface area contributed by atoms with Gasteiger partial charge in [-0.05, 0) is 18.6 Å².